The summed E-state index contributed by atoms with van der Waals surface area (Å²) in [6.45, 7) is 7.07. The average molecular weight is 415 g/mol. The van der Waals surface area contributed by atoms with Gasteiger partial charge >= 0.3 is 0 Å². The summed E-state index contributed by atoms with van der Waals surface area (Å²) in [4.78, 5) is 30.4. The van der Waals surface area contributed by atoms with E-state index in [0.29, 0.717) is 18.4 Å². The standard InChI is InChI=1S/C27H30N2O2/c1-18-16-19(2)28-27(31)24(18)12-14-26(30)23-11-13-25-22(17-23)10-7-15-29(25)20(3)21-8-5-4-6-9-21/h4-6,8-9,11,13,16-17,20H,7,10,12,14-15H2,1-3H3,(H,28,31). The first-order valence-electron chi connectivity index (χ1n) is 11.1. The first-order valence-corrected chi connectivity index (χ1v) is 11.1. The number of nitrogens with one attached hydrogen (secondary N) is 1. The summed E-state index contributed by atoms with van der Waals surface area (Å²) < 4.78 is 0. The van der Waals surface area contributed by atoms with Gasteiger partial charge in [-0.2, -0.15) is 0 Å². The van der Waals surface area contributed by atoms with Gasteiger partial charge in [0.1, 0.15) is 0 Å². The molecule has 0 aliphatic carbocycles. The van der Waals surface area contributed by atoms with Crippen LogP contribution in [0.4, 0.5) is 5.69 Å². The molecule has 1 unspecified atom stereocenters. The van der Waals surface area contributed by atoms with Crippen molar-refractivity contribution in [2.24, 2.45) is 0 Å². The van der Waals surface area contributed by atoms with Gasteiger partial charge in [-0.1, -0.05) is 30.3 Å². The fourth-order valence-corrected chi connectivity index (χ4v) is 4.69. The Bertz CT molecular complexity index is 1150. The van der Waals surface area contributed by atoms with E-state index in [2.05, 4.69) is 53.2 Å². The summed E-state index contributed by atoms with van der Waals surface area (Å²) in [6, 6.07) is 18.9. The molecule has 1 aliphatic rings. The second-order valence-corrected chi connectivity index (χ2v) is 8.59. The van der Waals surface area contributed by atoms with Crippen molar-refractivity contribution in [2.45, 2.75) is 52.5 Å². The van der Waals surface area contributed by atoms with Crippen molar-refractivity contribution >= 4 is 11.5 Å². The van der Waals surface area contributed by atoms with Crippen LogP contribution in [0.15, 0.2) is 59.4 Å². The number of carbonyl (C=O) groups excluding carboxylic acids is 1. The average Bonchev–Trinajstić information content (AvgIpc) is 2.77. The highest BCUT2D eigenvalue weighted by Crippen LogP contribution is 2.34. The predicted molar refractivity (Wildman–Crippen MR) is 126 cm³/mol. The highest BCUT2D eigenvalue weighted by Gasteiger charge is 2.23. The molecule has 0 saturated carbocycles. The van der Waals surface area contributed by atoms with Gasteiger partial charge in [0.05, 0.1) is 6.04 Å². The van der Waals surface area contributed by atoms with Crippen LogP contribution in [0, 0.1) is 13.8 Å². The number of pyridine rings is 1. The first kappa shape index (κ1) is 21.1. The fourth-order valence-electron chi connectivity index (χ4n) is 4.69. The van der Waals surface area contributed by atoms with Gasteiger partial charge < -0.3 is 9.88 Å². The van der Waals surface area contributed by atoms with Crippen molar-refractivity contribution in [1.82, 2.24) is 4.98 Å². The number of hydrogen-bond acceptors (Lipinski definition) is 3. The molecule has 2 aromatic carbocycles. The third kappa shape index (κ3) is 4.48. The number of anilines is 1. The van der Waals surface area contributed by atoms with Crippen molar-refractivity contribution < 1.29 is 4.79 Å². The Hall–Kier alpha value is -3.14. The Morgan fingerprint density at radius 2 is 1.87 bits per heavy atom. The highest BCUT2D eigenvalue weighted by atomic mass is 16.1. The number of Topliss-reactive ketones (excluding diaryl/α,β-unsaturated/α-hetero) is 1. The molecule has 0 amide bonds. The van der Waals surface area contributed by atoms with Crippen LogP contribution in [0.25, 0.3) is 0 Å². The summed E-state index contributed by atoms with van der Waals surface area (Å²) in [6.07, 6.45) is 2.88. The molecule has 1 aliphatic heterocycles. The number of aryl methyl sites for hydroxylation is 3. The molecule has 31 heavy (non-hydrogen) atoms. The Kier molecular flexibility index (Phi) is 6.08. The topological polar surface area (TPSA) is 53.2 Å². The maximum Gasteiger partial charge on any atom is 0.251 e. The van der Waals surface area contributed by atoms with E-state index in [4.69, 9.17) is 0 Å². The number of benzene rings is 2. The lowest BCUT2D eigenvalue weighted by Gasteiger charge is -2.36. The SMILES string of the molecule is Cc1cc(C)c(CCC(=O)c2ccc3c(c2)CCCN3C(C)c2ccccc2)c(=O)[nH]1. The molecule has 2 heterocycles. The van der Waals surface area contributed by atoms with Crippen molar-refractivity contribution in [1.29, 1.82) is 0 Å². The fraction of sp³-hybridized carbons (Fsp3) is 0.333. The lowest BCUT2D eigenvalue weighted by atomic mass is 9.94. The van der Waals surface area contributed by atoms with E-state index in [-0.39, 0.29) is 17.4 Å². The van der Waals surface area contributed by atoms with E-state index < -0.39 is 0 Å². The quantitative estimate of drug-likeness (QED) is 0.555. The van der Waals surface area contributed by atoms with Crippen LogP contribution in [0.1, 0.15) is 64.1 Å². The molecule has 1 N–H and O–H groups in total. The predicted octanol–water partition coefficient (Wildman–Crippen LogP) is 5.32. The molecule has 3 aromatic rings. The molecule has 0 fully saturated rings. The van der Waals surface area contributed by atoms with Crippen LogP contribution in [0.5, 0.6) is 0 Å². The minimum atomic E-state index is -0.0821. The summed E-state index contributed by atoms with van der Waals surface area (Å²) in [7, 11) is 0. The van der Waals surface area contributed by atoms with Crippen molar-refractivity contribution in [2.75, 3.05) is 11.4 Å². The molecule has 0 saturated heterocycles. The molecular weight excluding hydrogens is 384 g/mol. The zero-order chi connectivity index (χ0) is 22.0. The smallest absolute Gasteiger partial charge is 0.251 e. The number of rotatable bonds is 6. The van der Waals surface area contributed by atoms with Crippen LogP contribution in [-0.2, 0) is 12.8 Å². The van der Waals surface area contributed by atoms with Gasteiger partial charge in [-0.15, -0.1) is 0 Å². The Morgan fingerprint density at radius 1 is 1.10 bits per heavy atom. The second kappa shape index (κ2) is 8.93. The zero-order valence-electron chi connectivity index (χ0n) is 18.6. The number of H-pyrrole nitrogens is 1. The van der Waals surface area contributed by atoms with Gasteiger partial charge in [0.15, 0.2) is 5.78 Å². The van der Waals surface area contributed by atoms with E-state index in [1.54, 1.807) is 0 Å². The Labute approximate surface area is 183 Å². The van der Waals surface area contributed by atoms with E-state index in [1.165, 1.54) is 16.8 Å². The monoisotopic (exact) mass is 414 g/mol. The molecule has 4 heteroatoms. The van der Waals surface area contributed by atoms with Gasteiger partial charge in [-0.3, -0.25) is 9.59 Å². The highest BCUT2D eigenvalue weighted by molar-refractivity contribution is 5.97. The summed E-state index contributed by atoms with van der Waals surface area (Å²) in [5.41, 5.74) is 6.94. The molecule has 0 bridgehead atoms. The number of nitrogens with zero attached hydrogens (tertiary/aromatic N) is 1. The van der Waals surface area contributed by atoms with Gasteiger partial charge in [-0.05, 0) is 81.0 Å². The molecule has 1 atom stereocenters. The maximum atomic E-state index is 12.9. The zero-order valence-corrected chi connectivity index (χ0v) is 18.6. The van der Waals surface area contributed by atoms with E-state index in [1.807, 2.05) is 32.0 Å². The molecule has 4 nitrogen and oxygen atoms in total. The van der Waals surface area contributed by atoms with Crippen LogP contribution >= 0.6 is 0 Å². The Balaban J connectivity index is 1.51. The number of carbonyl (C=O) groups is 1. The number of fused-ring (bicyclic) bond motifs is 1. The molecule has 4 rings (SSSR count). The van der Waals surface area contributed by atoms with E-state index >= 15 is 0 Å². The Morgan fingerprint density at radius 3 is 2.61 bits per heavy atom. The van der Waals surface area contributed by atoms with Crippen LogP contribution in [0.3, 0.4) is 0 Å². The molecular formula is C27H30N2O2. The van der Waals surface area contributed by atoms with Gasteiger partial charge in [0.25, 0.3) is 5.56 Å². The molecule has 0 spiro atoms. The normalized spacial score (nSPS) is 14.2. The largest absolute Gasteiger partial charge is 0.365 e. The summed E-state index contributed by atoms with van der Waals surface area (Å²) >= 11 is 0. The van der Waals surface area contributed by atoms with Gasteiger partial charge in [0.2, 0.25) is 0 Å². The minimum absolute atomic E-state index is 0.0821. The second-order valence-electron chi connectivity index (χ2n) is 8.59. The van der Waals surface area contributed by atoms with Crippen molar-refractivity contribution in [3.05, 3.63) is 98.5 Å². The van der Waals surface area contributed by atoms with Gasteiger partial charge in [0, 0.05) is 35.5 Å². The van der Waals surface area contributed by atoms with E-state index in [0.717, 1.165) is 36.2 Å². The van der Waals surface area contributed by atoms with Crippen LogP contribution in [-0.4, -0.2) is 17.3 Å². The number of ketones is 1. The van der Waals surface area contributed by atoms with Crippen molar-refractivity contribution in [3.63, 3.8) is 0 Å². The summed E-state index contributed by atoms with van der Waals surface area (Å²) in [5.74, 6) is 0.0930. The maximum absolute atomic E-state index is 12.9. The third-order valence-electron chi connectivity index (χ3n) is 6.40. The van der Waals surface area contributed by atoms with Crippen LogP contribution in [0.2, 0.25) is 0 Å². The number of hydrogen-bond donors (Lipinski definition) is 1. The van der Waals surface area contributed by atoms with Crippen LogP contribution < -0.4 is 10.5 Å². The van der Waals surface area contributed by atoms with E-state index in [9.17, 15) is 9.59 Å². The number of aromatic nitrogens is 1. The summed E-state index contributed by atoms with van der Waals surface area (Å²) in [5, 5.41) is 0. The lowest BCUT2D eigenvalue weighted by Crippen LogP contribution is -2.32. The number of aromatic amines is 1. The molecule has 1 aromatic heterocycles. The minimum Gasteiger partial charge on any atom is -0.365 e. The molecule has 0 radical (unpaired) electrons. The molecule has 160 valence electrons. The first-order chi connectivity index (χ1) is 14.9. The lowest BCUT2D eigenvalue weighted by molar-refractivity contribution is 0.0982. The van der Waals surface area contributed by atoms with Crippen molar-refractivity contribution in [3.8, 4) is 0 Å². The van der Waals surface area contributed by atoms with Gasteiger partial charge in [-0.25, -0.2) is 0 Å². The third-order valence-corrected chi connectivity index (χ3v) is 6.40.